The smallest absolute Gasteiger partial charge is 0.247 e. The first-order valence-corrected chi connectivity index (χ1v) is 7.86. The number of benzene rings is 2. The van der Waals surface area contributed by atoms with Crippen LogP contribution in [0.25, 0.3) is 22.7 Å². The number of rotatable bonds is 4. The molecule has 0 N–H and O–H groups in total. The molecule has 0 amide bonds. The van der Waals surface area contributed by atoms with Gasteiger partial charge in [-0.05, 0) is 30.3 Å². The van der Waals surface area contributed by atoms with E-state index in [1.54, 1.807) is 6.20 Å². The first-order chi connectivity index (χ1) is 11.8. The van der Waals surface area contributed by atoms with Crippen molar-refractivity contribution in [1.82, 2.24) is 9.97 Å². The molecule has 2 aromatic heterocycles. The second kappa shape index (κ2) is 6.34. The Hall–Kier alpha value is -2.85. The molecule has 0 spiro atoms. The Bertz CT molecular complexity index is 964. The standard InChI is InChI=1S/C19H13ClN2O2/c20-15-8-3-1-6-13(15)12-23-17-10-4-2-7-14(17)18-22-16-9-5-11-21-19(16)24-18/h1-11H,12H2. The van der Waals surface area contributed by atoms with Gasteiger partial charge >= 0.3 is 0 Å². The van der Waals surface area contributed by atoms with E-state index in [4.69, 9.17) is 20.8 Å². The average molecular weight is 337 g/mol. The molecule has 0 atom stereocenters. The van der Waals surface area contributed by atoms with Gasteiger partial charge in [0.25, 0.3) is 0 Å². The highest BCUT2D eigenvalue weighted by molar-refractivity contribution is 6.31. The molecular formula is C19H13ClN2O2. The predicted molar refractivity (Wildman–Crippen MR) is 93.0 cm³/mol. The lowest BCUT2D eigenvalue weighted by atomic mass is 10.2. The van der Waals surface area contributed by atoms with Crippen molar-refractivity contribution < 1.29 is 9.15 Å². The first-order valence-electron chi connectivity index (χ1n) is 7.48. The topological polar surface area (TPSA) is 48.2 Å². The van der Waals surface area contributed by atoms with Crippen molar-refractivity contribution >= 4 is 22.8 Å². The van der Waals surface area contributed by atoms with Gasteiger partial charge in [0.05, 0.1) is 5.56 Å². The van der Waals surface area contributed by atoms with Gasteiger partial charge in [-0.15, -0.1) is 0 Å². The number of pyridine rings is 1. The molecule has 4 rings (SSSR count). The normalized spacial score (nSPS) is 10.9. The van der Waals surface area contributed by atoms with Crippen LogP contribution in [0.5, 0.6) is 5.75 Å². The average Bonchev–Trinajstić information content (AvgIpc) is 3.05. The summed E-state index contributed by atoms with van der Waals surface area (Å²) in [7, 11) is 0. The van der Waals surface area contributed by atoms with Crippen LogP contribution in [-0.2, 0) is 6.61 Å². The molecule has 0 fully saturated rings. The highest BCUT2D eigenvalue weighted by atomic mass is 35.5. The fourth-order valence-corrected chi connectivity index (χ4v) is 2.62. The summed E-state index contributed by atoms with van der Waals surface area (Å²) in [4.78, 5) is 8.66. The highest BCUT2D eigenvalue weighted by Gasteiger charge is 2.14. The van der Waals surface area contributed by atoms with Crippen LogP contribution in [0.3, 0.4) is 0 Å². The number of oxazole rings is 1. The highest BCUT2D eigenvalue weighted by Crippen LogP contribution is 2.31. The van der Waals surface area contributed by atoms with Crippen molar-refractivity contribution in [3.63, 3.8) is 0 Å². The molecule has 4 nitrogen and oxygen atoms in total. The van der Waals surface area contributed by atoms with E-state index in [-0.39, 0.29) is 0 Å². The molecule has 0 aliphatic carbocycles. The van der Waals surface area contributed by atoms with Crippen LogP contribution in [0.4, 0.5) is 0 Å². The van der Waals surface area contributed by atoms with Crippen molar-refractivity contribution in [2.24, 2.45) is 0 Å². The minimum Gasteiger partial charge on any atom is -0.488 e. The Morgan fingerprint density at radius 3 is 2.67 bits per heavy atom. The summed E-state index contributed by atoms with van der Waals surface area (Å²) < 4.78 is 11.7. The van der Waals surface area contributed by atoms with Crippen LogP contribution >= 0.6 is 11.6 Å². The monoisotopic (exact) mass is 336 g/mol. The second-order valence-corrected chi connectivity index (χ2v) is 5.63. The number of fused-ring (bicyclic) bond motifs is 1. The maximum atomic E-state index is 6.18. The molecule has 4 aromatic rings. The number of nitrogens with zero attached hydrogens (tertiary/aromatic N) is 2. The fourth-order valence-electron chi connectivity index (χ4n) is 2.43. The molecular weight excluding hydrogens is 324 g/mol. The van der Waals surface area contributed by atoms with Gasteiger partial charge in [-0.2, -0.15) is 0 Å². The molecule has 0 aliphatic heterocycles. The Labute approximate surface area is 143 Å². The van der Waals surface area contributed by atoms with Crippen LogP contribution in [0, 0.1) is 0 Å². The van der Waals surface area contributed by atoms with Crippen molar-refractivity contribution in [2.45, 2.75) is 6.61 Å². The number of hydrogen-bond acceptors (Lipinski definition) is 4. The zero-order valence-corrected chi connectivity index (χ0v) is 13.4. The minimum absolute atomic E-state index is 0.370. The Morgan fingerprint density at radius 2 is 1.79 bits per heavy atom. The number of halogens is 1. The predicted octanol–water partition coefficient (Wildman–Crippen LogP) is 5.12. The zero-order valence-electron chi connectivity index (χ0n) is 12.6. The quantitative estimate of drug-likeness (QED) is 0.519. The third kappa shape index (κ3) is 2.84. The summed E-state index contributed by atoms with van der Waals surface area (Å²) in [6.07, 6.45) is 1.68. The van der Waals surface area contributed by atoms with Gasteiger partial charge in [0.15, 0.2) is 0 Å². The molecule has 0 saturated carbocycles. The van der Waals surface area contributed by atoms with E-state index in [0.717, 1.165) is 11.1 Å². The molecule has 5 heteroatoms. The molecule has 0 bridgehead atoms. The third-order valence-electron chi connectivity index (χ3n) is 3.62. The fraction of sp³-hybridized carbons (Fsp3) is 0.0526. The lowest BCUT2D eigenvalue weighted by molar-refractivity contribution is 0.307. The van der Waals surface area contributed by atoms with E-state index in [0.29, 0.717) is 34.5 Å². The minimum atomic E-state index is 0.370. The Balaban J connectivity index is 1.66. The molecule has 0 radical (unpaired) electrons. The van der Waals surface area contributed by atoms with Gasteiger partial charge in [0.2, 0.25) is 11.6 Å². The summed E-state index contributed by atoms with van der Waals surface area (Å²) in [5.41, 5.74) is 2.93. The lowest BCUT2D eigenvalue weighted by Crippen LogP contribution is -1.97. The van der Waals surface area contributed by atoms with E-state index in [1.807, 2.05) is 60.7 Å². The van der Waals surface area contributed by atoms with Gasteiger partial charge in [-0.25, -0.2) is 9.97 Å². The third-order valence-corrected chi connectivity index (χ3v) is 3.99. The van der Waals surface area contributed by atoms with E-state index < -0.39 is 0 Å². The summed E-state index contributed by atoms with van der Waals surface area (Å²) in [6.45, 7) is 0.370. The van der Waals surface area contributed by atoms with E-state index >= 15 is 0 Å². The van der Waals surface area contributed by atoms with E-state index in [2.05, 4.69) is 9.97 Å². The number of ether oxygens (including phenoxy) is 1. The van der Waals surface area contributed by atoms with E-state index in [1.165, 1.54) is 0 Å². The van der Waals surface area contributed by atoms with Crippen LogP contribution in [-0.4, -0.2) is 9.97 Å². The number of hydrogen-bond donors (Lipinski definition) is 0. The molecule has 2 aromatic carbocycles. The van der Waals surface area contributed by atoms with Crippen LogP contribution in [0.15, 0.2) is 71.3 Å². The number of para-hydroxylation sites is 1. The SMILES string of the molecule is Clc1ccccc1COc1ccccc1-c1nc2cccnc2o1. The van der Waals surface area contributed by atoms with Crippen LogP contribution in [0.2, 0.25) is 5.02 Å². The van der Waals surface area contributed by atoms with Crippen LogP contribution < -0.4 is 4.74 Å². The molecule has 118 valence electrons. The van der Waals surface area contributed by atoms with Crippen LogP contribution in [0.1, 0.15) is 5.56 Å². The molecule has 2 heterocycles. The van der Waals surface area contributed by atoms with Crippen molar-refractivity contribution in [1.29, 1.82) is 0 Å². The van der Waals surface area contributed by atoms with Gasteiger partial charge in [0.1, 0.15) is 17.9 Å². The maximum absolute atomic E-state index is 6.18. The summed E-state index contributed by atoms with van der Waals surface area (Å²) >= 11 is 6.18. The summed E-state index contributed by atoms with van der Waals surface area (Å²) in [6, 6.07) is 18.9. The van der Waals surface area contributed by atoms with Gasteiger partial charge in [0, 0.05) is 16.8 Å². The molecule has 0 aliphatic rings. The molecule has 24 heavy (non-hydrogen) atoms. The number of aromatic nitrogens is 2. The van der Waals surface area contributed by atoms with Gasteiger partial charge in [-0.3, -0.25) is 0 Å². The second-order valence-electron chi connectivity index (χ2n) is 5.22. The van der Waals surface area contributed by atoms with Crippen molar-refractivity contribution in [3.8, 4) is 17.2 Å². The van der Waals surface area contributed by atoms with Gasteiger partial charge in [-0.1, -0.05) is 41.9 Å². The summed E-state index contributed by atoms with van der Waals surface area (Å²) in [5, 5.41) is 0.682. The maximum Gasteiger partial charge on any atom is 0.247 e. The Kier molecular flexibility index (Phi) is 3.89. The van der Waals surface area contributed by atoms with Crippen molar-refractivity contribution in [2.75, 3.05) is 0 Å². The van der Waals surface area contributed by atoms with Gasteiger partial charge < -0.3 is 9.15 Å². The van der Waals surface area contributed by atoms with Crippen molar-refractivity contribution in [3.05, 3.63) is 77.4 Å². The molecule has 0 saturated heterocycles. The Morgan fingerprint density at radius 1 is 0.958 bits per heavy atom. The first kappa shape index (κ1) is 14.7. The largest absolute Gasteiger partial charge is 0.488 e. The van der Waals surface area contributed by atoms with E-state index in [9.17, 15) is 0 Å². The lowest BCUT2D eigenvalue weighted by Gasteiger charge is -2.10. The molecule has 0 unspecified atom stereocenters. The summed E-state index contributed by atoms with van der Waals surface area (Å²) in [5.74, 6) is 1.17. The zero-order chi connectivity index (χ0) is 16.4.